The van der Waals surface area contributed by atoms with Gasteiger partial charge in [-0.1, -0.05) is 35.3 Å². The van der Waals surface area contributed by atoms with Crippen LogP contribution in [0.1, 0.15) is 16.5 Å². The summed E-state index contributed by atoms with van der Waals surface area (Å²) in [5.41, 5.74) is 0.869. The monoisotopic (exact) mass is 272 g/mol. The molecule has 2 aromatic rings. The minimum Gasteiger partial charge on any atom is -0.388 e. The van der Waals surface area contributed by atoms with Crippen molar-refractivity contribution in [3.8, 4) is 0 Å². The van der Waals surface area contributed by atoms with E-state index in [4.69, 9.17) is 23.2 Å². The molecule has 1 aromatic carbocycles. The molecule has 1 unspecified atom stereocenters. The van der Waals surface area contributed by atoms with Crippen molar-refractivity contribution >= 4 is 34.5 Å². The van der Waals surface area contributed by atoms with E-state index in [0.717, 1.165) is 14.8 Å². The molecule has 0 saturated carbocycles. The third kappa shape index (κ3) is 2.98. The zero-order valence-electron chi connectivity index (χ0n) is 8.36. The Morgan fingerprint density at radius 2 is 1.75 bits per heavy atom. The van der Waals surface area contributed by atoms with Crippen molar-refractivity contribution in [1.29, 1.82) is 0 Å². The highest BCUT2D eigenvalue weighted by molar-refractivity contribution is 7.16. The number of thiophene rings is 1. The van der Waals surface area contributed by atoms with Crippen LogP contribution in [0.4, 0.5) is 0 Å². The van der Waals surface area contributed by atoms with E-state index in [2.05, 4.69) is 0 Å². The van der Waals surface area contributed by atoms with Crippen LogP contribution < -0.4 is 0 Å². The van der Waals surface area contributed by atoms with Gasteiger partial charge in [0.25, 0.3) is 0 Å². The van der Waals surface area contributed by atoms with E-state index >= 15 is 0 Å². The Kier molecular flexibility index (Phi) is 3.87. The summed E-state index contributed by atoms with van der Waals surface area (Å²) < 4.78 is 0.748. The zero-order valence-corrected chi connectivity index (χ0v) is 10.7. The van der Waals surface area contributed by atoms with Gasteiger partial charge in [0.15, 0.2) is 0 Å². The lowest BCUT2D eigenvalue weighted by atomic mass is 10.1. The van der Waals surface area contributed by atoms with Gasteiger partial charge in [0.05, 0.1) is 10.4 Å². The average Bonchev–Trinajstić information content (AvgIpc) is 2.65. The molecule has 0 aliphatic heterocycles. The molecular weight excluding hydrogens is 263 g/mol. The Bertz CT molecular complexity index is 464. The number of hydrogen-bond donors (Lipinski definition) is 1. The zero-order chi connectivity index (χ0) is 11.5. The van der Waals surface area contributed by atoms with Crippen LogP contribution in [0.5, 0.6) is 0 Å². The molecule has 2 rings (SSSR count). The first-order valence-electron chi connectivity index (χ1n) is 4.83. The van der Waals surface area contributed by atoms with E-state index in [1.54, 1.807) is 12.1 Å². The molecule has 0 aliphatic rings. The van der Waals surface area contributed by atoms with Crippen LogP contribution >= 0.6 is 34.5 Å². The van der Waals surface area contributed by atoms with Crippen molar-refractivity contribution in [2.45, 2.75) is 12.5 Å². The Morgan fingerprint density at radius 1 is 1.06 bits per heavy atom. The van der Waals surface area contributed by atoms with E-state index < -0.39 is 6.10 Å². The van der Waals surface area contributed by atoms with Crippen LogP contribution in [0.15, 0.2) is 36.4 Å². The molecule has 4 heteroatoms. The summed E-state index contributed by atoms with van der Waals surface area (Å²) in [6, 6.07) is 11.0. The molecular formula is C12H10Cl2OS. The Labute approximate surface area is 108 Å². The number of hydrogen-bond acceptors (Lipinski definition) is 2. The maximum Gasteiger partial charge on any atom is 0.0931 e. The van der Waals surface area contributed by atoms with Crippen molar-refractivity contribution < 1.29 is 5.11 Å². The fourth-order valence-corrected chi connectivity index (χ4v) is 2.70. The Balaban J connectivity index is 2.08. The molecule has 0 fully saturated rings. The molecule has 1 N–H and O–H groups in total. The highest BCUT2D eigenvalue weighted by Crippen LogP contribution is 2.26. The third-order valence-corrected chi connectivity index (χ3v) is 3.78. The topological polar surface area (TPSA) is 20.2 Å². The molecule has 0 bridgehead atoms. The fraction of sp³-hybridized carbons (Fsp3) is 0.167. The van der Waals surface area contributed by atoms with Crippen LogP contribution in [-0.2, 0) is 6.42 Å². The second-order valence-electron chi connectivity index (χ2n) is 3.48. The summed E-state index contributed by atoms with van der Waals surface area (Å²) in [4.78, 5) is 1.08. The number of rotatable bonds is 3. The molecule has 0 amide bonds. The summed E-state index contributed by atoms with van der Waals surface area (Å²) in [5, 5.41) is 10.7. The molecule has 0 saturated heterocycles. The van der Waals surface area contributed by atoms with E-state index in [9.17, 15) is 5.11 Å². The van der Waals surface area contributed by atoms with Crippen molar-refractivity contribution in [2.75, 3.05) is 0 Å². The van der Waals surface area contributed by atoms with Crippen LogP contribution in [0.25, 0.3) is 0 Å². The summed E-state index contributed by atoms with van der Waals surface area (Å²) in [6.45, 7) is 0. The van der Waals surface area contributed by atoms with Crippen LogP contribution in [0, 0.1) is 0 Å². The van der Waals surface area contributed by atoms with E-state index in [0.29, 0.717) is 11.4 Å². The second-order valence-corrected chi connectivity index (χ2v) is 5.71. The molecule has 1 atom stereocenters. The third-order valence-electron chi connectivity index (χ3n) is 2.28. The molecule has 16 heavy (non-hydrogen) atoms. The molecule has 1 nitrogen and oxygen atoms in total. The highest BCUT2D eigenvalue weighted by Gasteiger charge is 2.09. The van der Waals surface area contributed by atoms with Gasteiger partial charge in [-0.15, -0.1) is 11.3 Å². The number of aliphatic hydroxyl groups excluding tert-OH is 1. The van der Waals surface area contributed by atoms with Crippen LogP contribution in [0.3, 0.4) is 0 Å². The summed E-state index contributed by atoms with van der Waals surface area (Å²) in [6.07, 6.45) is 0.0749. The van der Waals surface area contributed by atoms with Gasteiger partial charge in [0, 0.05) is 16.3 Å². The molecule has 1 heterocycles. The lowest BCUT2D eigenvalue weighted by Gasteiger charge is -2.09. The SMILES string of the molecule is OC(Cc1ccc(Cl)s1)c1ccc(Cl)cc1. The highest BCUT2D eigenvalue weighted by atomic mass is 35.5. The van der Waals surface area contributed by atoms with Gasteiger partial charge >= 0.3 is 0 Å². The largest absolute Gasteiger partial charge is 0.388 e. The first-order valence-corrected chi connectivity index (χ1v) is 6.40. The van der Waals surface area contributed by atoms with Gasteiger partial charge in [-0.05, 0) is 29.8 Å². The first-order chi connectivity index (χ1) is 7.65. The number of benzene rings is 1. The molecule has 0 aliphatic carbocycles. The average molecular weight is 273 g/mol. The lowest BCUT2D eigenvalue weighted by Crippen LogP contribution is -1.99. The Morgan fingerprint density at radius 3 is 2.31 bits per heavy atom. The van der Waals surface area contributed by atoms with Gasteiger partial charge in [-0.25, -0.2) is 0 Å². The minimum absolute atomic E-state index is 0.507. The van der Waals surface area contributed by atoms with Gasteiger partial charge < -0.3 is 5.11 Å². The molecule has 0 radical (unpaired) electrons. The predicted octanol–water partition coefficient (Wildman–Crippen LogP) is 4.33. The van der Waals surface area contributed by atoms with E-state index in [1.807, 2.05) is 24.3 Å². The number of halogens is 2. The second kappa shape index (κ2) is 5.19. The fourth-order valence-electron chi connectivity index (χ4n) is 1.45. The van der Waals surface area contributed by atoms with E-state index in [-0.39, 0.29) is 0 Å². The van der Waals surface area contributed by atoms with Crippen molar-refractivity contribution in [3.05, 3.63) is 56.2 Å². The molecule has 84 valence electrons. The number of aliphatic hydroxyl groups is 1. The van der Waals surface area contributed by atoms with Gasteiger partial charge in [-0.2, -0.15) is 0 Å². The summed E-state index contributed by atoms with van der Waals surface area (Å²) >= 11 is 13.1. The summed E-state index contributed by atoms with van der Waals surface area (Å²) in [5.74, 6) is 0. The van der Waals surface area contributed by atoms with E-state index in [1.165, 1.54) is 11.3 Å². The quantitative estimate of drug-likeness (QED) is 0.882. The van der Waals surface area contributed by atoms with Gasteiger partial charge in [-0.3, -0.25) is 0 Å². The van der Waals surface area contributed by atoms with Crippen molar-refractivity contribution in [3.63, 3.8) is 0 Å². The smallest absolute Gasteiger partial charge is 0.0931 e. The molecule has 0 spiro atoms. The molecule has 1 aromatic heterocycles. The predicted molar refractivity (Wildman–Crippen MR) is 69.4 cm³/mol. The standard InChI is InChI=1S/C12H10Cl2OS/c13-9-3-1-8(2-4-9)11(15)7-10-5-6-12(14)16-10/h1-6,11,15H,7H2. The maximum absolute atomic E-state index is 9.99. The van der Waals surface area contributed by atoms with Gasteiger partial charge in [0.2, 0.25) is 0 Å². The van der Waals surface area contributed by atoms with Crippen LogP contribution in [-0.4, -0.2) is 5.11 Å². The van der Waals surface area contributed by atoms with Crippen molar-refractivity contribution in [1.82, 2.24) is 0 Å². The minimum atomic E-state index is -0.507. The Hall–Kier alpha value is -0.540. The first kappa shape index (κ1) is 11.9. The maximum atomic E-state index is 9.99. The van der Waals surface area contributed by atoms with Crippen molar-refractivity contribution in [2.24, 2.45) is 0 Å². The normalized spacial score (nSPS) is 12.7. The van der Waals surface area contributed by atoms with Crippen LogP contribution in [0.2, 0.25) is 9.36 Å². The van der Waals surface area contributed by atoms with Gasteiger partial charge in [0.1, 0.15) is 0 Å². The lowest BCUT2D eigenvalue weighted by molar-refractivity contribution is 0.179. The summed E-state index contributed by atoms with van der Waals surface area (Å²) in [7, 11) is 0.